The summed E-state index contributed by atoms with van der Waals surface area (Å²) in [6.45, 7) is 0.540. The van der Waals surface area contributed by atoms with Crippen LogP contribution >= 0.6 is 0 Å². The number of carbonyl (C=O) groups excluding carboxylic acids is 1. The van der Waals surface area contributed by atoms with E-state index >= 15 is 0 Å². The monoisotopic (exact) mass is 251 g/mol. The summed E-state index contributed by atoms with van der Waals surface area (Å²) in [7, 11) is 0. The van der Waals surface area contributed by atoms with E-state index in [9.17, 15) is 14.3 Å². The molecule has 18 heavy (non-hydrogen) atoms. The van der Waals surface area contributed by atoms with E-state index in [-0.39, 0.29) is 24.1 Å². The summed E-state index contributed by atoms with van der Waals surface area (Å²) >= 11 is 0. The van der Waals surface area contributed by atoms with E-state index < -0.39 is 5.82 Å². The van der Waals surface area contributed by atoms with Crippen molar-refractivity contribution in [3.05, 3.63) is 35.6 Å². The van der Waals surface area contributed by atoms with Crippen LogP contribution in [-0.2, 0) is 0 Å². The summed E-state index contributed by atoms with van der Waals surface area (Å²) in [5, 5.41) is 9.36. The summed E-state index contributed by atoms with van der Waals surface area (Å²) in [5.74, 6) is -0.808. The number of halogens is 1. The smallest absolute Gasteiger partial charge is 0.257 e. The lowest BCUT2D eigenvalue weighted by Crippen LogP contribution is -2.42. The Morgan fingerprint density at radius 1 is 1.33 bits per heavy atom. The first-order valence-electron chi connectivity index (χ1n) is 6.40. The predicted molar refractivity (Wildman–Crippen MR) is 66.8 cm³/mol. The van der Waals surface area contributed by atoms with E-state index in [1.165, 1.54) is 12.1 Å². The molecule has 1 saturated heterocycles. The minimum atomic E-state index is -0.497. The Morgan fingerprint density at radius 3 is 2.83 bits per heavy atom. The molecule has 0 radical (unpaired) electrons. The van der Waals surface area contributed by atoms with Crippen molar-refractivity contribution in [2.45, 2.75) is 31.7 Å². The summed E-state index contributed by atoms with van der Waals surface area (Å²) in [6, 6.07) is 5.83. The number of amides is 1. The maximum atomic E-state index is 13.6. The van der Waals surface area contributed by atoms with Gasteiger partial charge in [0, 0.05) is 6.54 Å². The van der Waals surface area contributed by atoms with Crippen LogP contribution in [0.4, 0.5) is 4.39 Å². The lowest BCUT2D eigenvalue weighted by atomic mass is 10.1. The molecule has 0 aliphatic carbocycles. The van der Waals surface area contributed by atoms with Crippen LogP contribution in [0.3, 0.4) is 0 Å². The van der Waals surface area contributed by atoms with Gasteiger partial charge in [-0.15, -0.1) is 0 Å². The number of nitrogens with zero attached hydrogens (tertiary/aromatic N) is 1. The fraction of sp³-hybridized carbons (Fsp3) is 0.500. The van der Waals surface area contributed by atoms with Crippen molar-refractivity contribution in [2.24, 2.45) is 0 Å². The van der Waals surface area contributed by atoms with Gasteiger partial charge >= 0.3 is 0 Å². The lowest BCUT2D eigenvalue weighted by Gasteiger charge is -2.28. The first-order chi connectivity index (χ1) is 8.74. The first kappa shape index (κ1) is 13.0. The molecule has 1 aliphatic rings. The SMILES string of the molecule is O=C(c1ccccc1F)N1CCCCCC1CO. The van der Waals surface area contributed by atoms with Crippen LogP contribution in [0.2, 0.25) is 0 Å². The van der Waals surface area contributed by atoms with E-state index in [1.54, 1.807) is 17.0 Å². The average molecular weight is 251 g/mol. The van der Waals surface area contributed by atoms with Gasteiger partial charge in [-0.1, -0.05) is 25.0 Å². The quantitative estimate of drug-likeness (QED) is 0.875. The highest BCUT2D eigenvalue weighted by Gasteiger charge is 2.26. The maximum absolute atomic E-state index is 13.6. The van der Waals surface area contributed by atoms with Gasteiger partial charge in [0.25, 0.3) is 5.91 Å². The Balaban J connectivity index is 2.23. The minimum absolute atomic E-state index is 0.0554. The van der Waals surface area contributed by atoms with E-state index in [0.717, 1.165) is 25.7 Å². The molecule has 0 bridgehead atoms. The van der Waals surface area contributed by atoms with Gasteiger partial charge in [0.05, 0.1) is 18.2 Å². The van der Waals surface area contributed by atoms with Gasteiger partial charge in [-0.05, 0) is 25.0 Å². The molecule has 1 fully saturated rings. The summed E-state index contributed by atoms with van der Waals surface area (Å²) in [6.07, 6.45) is 3.76. The Hall–Kier alpha value is -1.42. The third-order valence-electron chi connectivity index (χ3n) is 3.45. The van der Waals surface area contributed by atoms with Crippen LogP contribution in [0.25, 0.3) is 0 Å². The molecule has 0 spiro atoms. The van der Waals surface area contributed by atoms with Gasteiger partial charge in [-0.3, -0.25) is 4.79 Å². The van der Waals surface area contributed by atoms with Crippen LogP contribution < -0.4 is 0 Å². The molecule has 1 aromatic rings. The molecule has 98 valence electrons. The Kier molecular flexibility index (Phi) is 4.31. The van der Waals surface area contributed by atoms with Crippen molar-refractivity contribution in [1.82, 2.24) is 4.90 Å². The van der Waals surface area contributed by atoms with Gasteiger partial charge in [-0.25, -0.2) is 4.39 Å². The second-order valence-corrected chi connectivity index (χ2v) is 4.66. The molecule has 1 unspecified atom stereocenters. The zero-order valence-electron chi connectivity index (χ0n) is 10.3. The molecule has 4 heteroatoms. The average Bonchev–Trinajstić information content (AvgIpc) is 2.63. The van der Waals surface area contributed by atoms with Gasteiger partial charge in [0.15, 0.2) is 0 Å². The summed E-state index contributed by atoms with van der Waals surface area (Å²) < 4.78 is 13.6. The van der Waals surface area contributed by atoms with E-state index in [2.05, 4.69) is 0 Å². The van der Waals surface area contributed by atoms with Crippen molar-refractivity contribution in [3.63, 3.8) is 0 Å². The Labute approximate surface area is 106 Å². The van der Waals surface area contributed by atoms with Gasteiger partial charge < -0.3 is 10.0 Å². The molecule has 3 nitrogen and oxygen atoms in total. The van der Waals surface area contributed by atoms with E-state index in [4.69, 9.17) is 0 Å². The molecule has 0 saturated carbocycles. The number of likely N-dealkylation sites (tertiary alicyclic amines) is 1. The van der Waals surface area contributed by atoms with Crippen molar-refractivity contribution in [2.75, 3.05) is 13.2 Å². The highest BCUT2D eigenvalue weighted by Crippen LogP contribution is 2.20. The molecule has 1 aromatic carbocycles. The number of aliphatic hydroxyl groups excluding tert-OH is 1. The molecular weight excluding hydrogens is 233 g/mol. The number of rotatable bonds is 2. The maximum Gasteiger partial charge on any atom is 0.257 e. The molecule has 0 aromatic heterocycles. The van der Waals surface area contributed by atoms with Crippen LogP contribution in [0, 0.1) is 5.82 Å². The summed E-state index contributed by atoms with van der Waals surface area (Å²) in [4.78, 5) is 13.9. The molecular formula is C14H18FNO2. The van der Waals surface area contributed by atoms with Crippen LogP contribution in [0.5, 0.6) is 0 Å². The fourth-order valence-electron chi connectivity index (χ4n) is 2.42. The lowest BCUT2D eigenvalue weighted by molar-refractivity contribution is 0.0595. The highest BCUT2D eigenvalue weighted by atomic mass is 19.1. The van der Waals surface area contributed by atoms with Gasteiger partial charge in [0.2, 0.25) is 0 Å². The molecule has 1 heterocycles. The normalized spacial score (nSPS) is 20.6. The Morgan fingerprint density at radius 2 is 2.11 bits per heavy atom. The Bertz CT molecular complexity index is 422. The largest absolute Gasteiger partial charge is 0.394 e. The van der Waals surface area contributed by atoms with E-state index in [0.29, 0.717) is 6.54 Å². The third-order valence-corrected chi connectivity index (χ3v) is 3.45. The third kappa shape index (κ3) is 2.70. The number of hydrogen-bond donors (Lipinski definition) is 1. The molecule has 1 atom stereocenters. The van der Waals surface area contributed by atoms with Crippen LogP contribution in [0.1, 0.15) is 36.0 Å². The van der Waals surface area contributed by atoms with Crippen molar-refractivity contribution in [3.8, 4) is 0 Å². The first-order valence-corrected chi connectivity index (χ1v) is 6.40. The second-order valence-electron chi connectivity index (χ2n) is 4.66. The minimum Gasteiger partial charge on any atom is -0.394 e. The zero-order valence-corrected chi connectivity index (χ0v) is 10.3. The number of aliphatic hydroxyl groups is 1. The standard InChI is InChI=1S/C14H18FNO2/c15-13-8-4-3-7-12(13)14(18)16-9-5-1-2-6-11(16)10-17/h3-4,7-8,11,17H,1-2,5-6,9-10H2. The fourth-order valence-corrected chi connectivity index (χ4v) is 2.42. The van der Waals surface area contributed by atoms with Crippen molar-refractivity contribution in [1.29, 1.82) is 0 Å². The van der Waals surface area contributed by atoms with Crippen LogP contribution in [-0.4, -0.2) is 35.1 Å². The topological polar surface area (TPSA) is 40.5 Å². The second kappa shape index (κ2) is 5.96. The number of hydrogen-bond acceptors (Lipinski definition) is 2. The number of benzene rings is 1. The van der Waals surface area contributed by atoms with Gasteiger partial charge in [-0.2, -0.15) is 0 Å². The molecule has 1 amide bonds. The zero-order chi connectivity index (χ0) is 13.0. The van der Waals surface area contributed by atoms with Gasteiger partial charge in [0.1, 0.15) is 5.82 Å². The summed E-state index contributed by atoms with van der Waals surface area (Å²) in [5.41, 5.74) is 0.0952. The van der Waals surface area contributed by atoms with Crippen molar-refractivity contribution >= 4 is 5.91 Å². The molecule has 2 rings (SSSR count). The van der Waals surface area contributed by atoms with E-state index in [1.807, 2.05) is 0 Å². The number of carbonyl (C=O) groups is 1. The van der Waals surface area contributed by atoms with Crippen molar-refractivity contribution < 1.29 is 14.3 Å². The molecule has 1 aliphatic heterocycles. The predicted octanol–water partition coefficient (Wildman–Crippen LogP) is 2.20. The molecule has 1 N–H and O–H groups in total. The van der Waals surface area contributed by atoms with Crippen LogP contribution in [0.15, 0.2) is 24.3 Å². The highest BCUT2D eigenvalue weighted by molar-refractivity contribution is 5.94.